The summed E-state index contributed by atoms with van der Waals surface area (Å²) in [5.74, 6) is -0.307. The van der Waals surface area contributed by atoms with Gasteiger partial charge in [0.25, 0.3) is 0 Å². The molecule has 0 saturated carbocycles. The fourth-order valence-electron chi connectivity index (χ4n) is 2.84. The Kier molecular flexibility index (Phi) is 4.90. The fraction of sp³-hybridized carbons (Fsp3) is 0.778. The molecule has 0 aromatic carbocycles. The molecule has 0 aliphatic carbocycles. The average Bonchev–Trinajstić information content (AvgIpc) is 2.80. The molecule has 1 unspecified atom stereocenters. The van der Waals surface area contributed by atoms with Crippen LogP contribution < -0.4 is 5.46 Å². The summed E-state index contributed by atoms with van der Waals surface area (Å²) in [6.07, 6.45) is 0. The van der Waals surface area contributed by atoms with Crippen LogP contribution in [0.5, 0.6) is 0 Å². The van der Waals surface area contributed by atoms with E-state index < -0.39 is 30.0 Å². The first-order valence-corrected chi connectivity index (χ1v) is 8.80. The summed E-state index contributed by atoms with van der Waals surface area (Å²) in [6, 6.07) is -0.519. The Morgan fingerprint density at radius 2 is 1.64 bits per heavy atom. The number of hydrogen-bond acceptors (Lipinski definition) is 5. The third kappa shape index (κ3) is 3.77. The number of hydrogen-bond donors (Lipinski definition) is 0. The number of ether oxygens (including phenoxy) is 1. The second kappa shape index (κ2) is 6.13. The molecule has 7 heteroatoms. The fourth-order valence-corrected chi connectivity index (χ4v) is 2.84. The first-order chi connectivity index (χ1) is 11.2. The van der Waals surface area contributed by atoms with E-state index in [1.54, 1.807) is 11.6 Å². The second-order valence-electron chi connectivity index (χ2n) is 8.83. The molecule has 0 N–H and O–H groups in total. The van der Waals surface area contributed by atoms with Crippen LogP contribution in [-0.4, -0.2) is 39.7 Å². The number of aryl methyl sites for hydroxylation is 1. The van der Waals surface area contributed by atoms with Crippen LogP contribution in [0.25, 0.3) is 0 Å². The number of esters is 1. The van der Waals surface area contributed by atoms with Crippen molar-refractivity contribution in [2.24, 2.45) is 0 Å². The van der Waals surface area contributed by atoms with E-state index in [0.717, 1.165) is 16.9 Å². The molecule has 6 nitrogen and oxygen atoms in total. The van der Waals surface area contributed by atoms with Crippen molar-refractivity contribution >= 4 is 18.6 Å². The van der Waals surface area contributed by atoms with E-state index in [2.05, 4.69) is 5.10 Å². The highest BCUT2D eigenvalue weighted by molar-refractivity contribution is 6.63. The Balaban J connectivity index is 2.32. The van der Waals surface area contributed by atoms with Crippen molar-refractivity contribution in [3.63, 3.8) is 0 Å². The van der Waals surface area contributed by atoms with E-state index in [9.17, 15) is 4.79 Å². The quantitative estimate of drug-likeness (QED) is 0.620. The summed E-state index contributed by atoms with van der Waals surface area (Å²) < 4.78 is 19.5. The predicted molar refractivity (Wildman–Crippen MR) is 98.0 cm³/mol. The molecule has 1 aromatic heterocycles. The Morgan fingerprint density at radius 3 is 2.08 bits per heavy atom. The van der Waals surface area contributed by atoms with Gasteiger partial charge >= 0.3 is 13.1 Å². The predicted octanol–water partition coefficient (Wildman–Crippen LogP) is 2.70. The van der Waals surface area contributed by atoms with Crippen molar-refractivity contribution in [1.82, 2.24) is 9.78 Å². The van der Waals surface area contributed by atoms with Gasteiger partial charge in [0.15, 0.2) is 0 Å². The molecule has 0 spiro atoms. The molecular weight excluding hydrogens is 319 g/mol. The van der Waals surface area contributed by atoms with Crippen molar-refractivity contribution in [2.45, 2.75) is 92.1 Å². The lowest BCUT2D eigenvalue weighted by molar-refractivity contribution is -0.158. The van der Waals surface area contributed by atoms with Gasteiger partial charge in [0.2, 0.25) is 0 Å². The summed E-state index contributed by atoms with van der Waals surface area (Å²) in [6.45, 7) is 19.3. The van der Waals surface area contributed by atoms with Crippen molar-refractivity contribution in [3.05, 3.63) is 11.4 Å². The minimum Gasteiger partial charge on any atom is -0.458 e. The van der Waals surface area contributed by atoms with Gasteiger partial charge < -0.3 is 14.0 Å². The van der Waals surface area contributed by atoms with E-state index in [-0.39, 0.29) is 5.97 Å². The molecule has 2 rings (SSSR count). The van der Waals surface area contributed by atoms with E-state index in [0.29, 0.717) is 0 Å². The van der Waals surface area contributed by atoms with Gasteiger partial charge in [-0.15, -0.1) is 0 Å². The highest BCUT2D eigenvalue weighted by Gasteiger charge is 2.53. The Labute approximate surface area is 151 Å². The zero-order valence-electron chi connectivity index (χ0n) is 17.2. The third-order valence-corrected chi connectivity index (χ3v) is 4.98. The zero-order chi connectivity index (χ0) is 19.4. The first kappa shape index (κ1) is 20.0. The molecule has 140 valence electrons. The molecule has 1 aromatic rings. The van der Waals surface area contributed by atoms with Crippen molar-refractivity contribution < 1.29 is 18.8 Å². The summed E-state index contributed by atoms with van der Waals surface area (Å²) in [7, 11) is -0.496. The van der Waals surface area contributed by atoms with Crippen LogP contribution in [0.3, 0.4) is 0 Å². The maximum atomic E-state index is 12.4. The Morgan fingerprint density at radius 1 is 1.16 bits per heavy atom. The van der Waals surface area contributed by atoms with Gasteiger partial charge in [-0.3, -0.25) is 4.68 Å². The van der Waals surface area contributed by atoms with E-state index in [1.165, 1.54) is 0 Å². The maximum absolute atomic E-state index is 12.4. The number of aromatic nitrogens is 2. The number of nitrogens with zero attached hydrogens (tertiary/aromatic N) is 2. The molecular formula is C18H31BN2O4. The molecule has 1 aliphatic heterocycles. The minimum atomic E-state index is -0.532. The zero-order valence-corrected chi connectivity index (χ0v) is 17.2. The summed E-state index contributed by atoms with van der Waals surface area (Å²) in [4.78, 5) is 12.4. The van der Waals surface area contributed by atoms with Crippen molar-refractivity contribution in [3.8, 4) is 0 Å². The van der Waals surface area contributed by atoms with Crippen LogP contribution >= 0.6 is 0 Å². The minimum absolute atomic E-state index is 0.307. The summed E-state index contributed by atoms with van der Waals surface area (Å²) in [5.41, 5.74) is 1.16. The van der Waals surface area contributed by atoms with Gasteiger partial charge in [0.1, 0.15) is 11.6 Å². The SMILES string of the molecule is Cc1nn(C(C)C(=O)OC(C)(C)C)c(C)c1B1OC(C)(C)C(C)(C)O1. The van der Waals surface area contributed by atoms with Gasteiger partial charge in [0.05, 0.1) is 16.9 Å². The van der Waals surface area contributed by atoms with Crippen LogP contribution in [0, 0.1) is 13.8 Å². The topological polar surface area (TPSA) is 62.6 Å². The molecule has 1 saturated heterocycles. The lowest BCUT2D eigenvalue weighted by Gasteiger charge is -2.32. The molecule has 1 atom stereocenters. The van der Waals surface area contributed by atoms with Crippen LogP contribution in [0.4, 0.5) is 0 Å². The van der Waals surface area contributed by atoms with Gasteiger partial charge in [-0.2, -0.15) is 5.10 Å². The third-order valence-electron chi connectivity index (χ3n) is 4.98. The van der Waals surface area contributed by atoms with E-state index in [1.807, 2.05) is 62.3 Å². The lowest BCUT2D eigenvalue weighted by atomic mass is 9.77. The molecule has 0 bridgehead atoms. The highest BCUT2D eigenvalue weighted by Crippen LogP contribution is 2.37. The Hall–Kier alpha value is -1.34. The van der Waals surface area contributed by atoms with E-state index >= 15 is 0 Å². The second-order valence-corrected chi connectivity index (χ2v) is 8.83. The molecule has 0 radical (unpaired) electrons. The smallest absolute Gasteiger partial charge is 0.458 e. The molecule has 25 heavy (non-hydrogen) atoms. The largest absolute Gasteiger partial charge is 0.498 e. The van der Waals surface area contributed by atoms with Crippen molar-refractivity contribution in [1.29, 1.82) is 0 Å². The summed E-state index contributed by atoms with van der Waals surface area (Å²) in [5, 5.41) is 4.56. The van der Waals surface area contributed by atoms with Crippen LogP contribution in [-0.2, 0) is 18.8 Å². The van der Waals surface area contributed by atoms with Crippen LogP contribution in [0.15, 0.2) is 0 Å². The number of carbonyl (C=O) groups is 1. The Bertz CT molecular complexity index is 657. The summed E-state index contributed by atoms with van der Waals surface area (Å²) >= 11 is 0. The normalized spacial score (nSPS) is 20.6. The monoisotopic (exact) mass is 350 g/mol. The van der Waals surface area contributed by atoms with Gasteiger partial charge in [0, 0.05) is 11.2 Å². The van der Waals surface area contributed by atoms with Crippen molar-refractivity contribution in [2.75, 3.05) is 0 Å². The highest BCUT2D eigenvalue weighted by atomic mass is 16.7. The standard InChI is InChI=1S/C18H31BN2O4/c1-11-14(19-24-17(7,8)18(9,10)25-19)12(2)21(20-11)13(3)15(22)23-16(4,5)6/h13H,1-10H3. The van der Waals surface area contributed by atoms with E-state index in [4.69, 9.17) is 14.0 Å². The maximum Gasteiger partial charge on any atom is 0.498 e. The molecule has 2 heterocycles. The molecule has 1 aliphatic rings. The molecule has 1 fully saturated rings. The van der Waals surface area contributed by atoms with Gasteiger partial charge in [-0.05, 0) is 69.2 Å². The number of rotatable bonds is 3. The van der Waals surface area contributed by atoms with Gasteiger partial charge in [-0.25, -0.2) is 4.79 Å². The lowest BCUT2D eigenvalue weighted by Crippen LogP contribution is -2.41. The van der Waals surface area contributed by atoms with Gasteiger partial charge in [-0.1, -0.05) is 0 Å². The first-order valence-electron chi connectivity index (χ1n) is 8.80. The number of carbonyl (C=O) groups excluding carboxylic acids is 1. The van der Waals surface area contributed by atoms with Crippen LogP contribution in [0.2, 0.25) is 0 Å². The van der Waals surface area contributed by atoms with Crippen LogP contribution in [0.1, 0.15) is 72.8 Å². The average molecular weight is 350 g/mol. The molecule has 0 amide bonds.